The van der Waals surface area contributed by atoms with Gasteiger partial charge < -0.3 is 10.6 Å². The van der Waals surface area contributed by atoms with Crippen molar-refractivity contribution in [1.82, 2.24) is 10.6 Å². The van der Waals surface area contributed by atoms with Gasteiger partial charge in [-0.3, -0.25) is 9.59 Å². The maximum Gasteiger partial charge on any atom is 0.154 e. The van der Waals surface area contributed by atoms with Crippen molar-refractivity contribution in [2.75, 3.05) is 13.1 Å². The Morgan fingerprint density at radius 3 is 0.727 bits per heavy atom. The summed E-state index contributed by atoms with van der Waals surface area (Å²) in [6.07, 6.45) is 3.11. The van der Waals surface area contributed by atoms with Gasteiger partial charge in [-0.2, -0.15) is 0 Å². The molecule has 0 aliphatic heterocycles. The van der Waals surface area contributed by atoms with Crippen LogP contribution in [0.4, 0.5) is 0 Å². The molecule has 0 aromatic heterocycles. The zero-order valence-corrected chi connectivity index (χ0v) is 35.5. The van der Waals surface area contributed by atoms with E-state index in [-0.39, 0.29) is 31.0 Å². The maximum atomic E-state index is 10.7. The Kier molecular flexibility index (Phi) is 20.5. The Balaban J connectivity index is 0.000000221. The van der Waals surface area contributed by atoms with Crippen LogP contribution < -0.4 is 42.5 Å². The van der Waals surface area contributed by atoms with Gasteiger partial charge in [0.15, 0.2) is 11.6 Å². The SMILES string of the molecule is CC(=O)/C=C(/C)NCCN/C(C)=C\C(C)=O.[Ru].c1ccc(P(c2ccccc2)c2ccccc2)cc1.c1ccc(P(c2ccccc2)c2ccccc2)cc1. The first-order chi connectivity index (χ1) is 26.3. The fourth-order valence-corrected chi connectivity index (χ4v) is 10.2. The van der Waals surface area contributed by atoms with Gasteiger partial charge in [0, 0.05) is 44.0 Å². The second-order valence-corrected chi connectivity index (χ2v) is 16.9. The first kappa shape index (κ1) is 44.6. The first-order valence-corrected chi connectivity index (χ1v) is 20.8. The summed E-state index contributed by atoms with van der Waals surface area (Å²) >= 11 is 0. The summed E-state index contributed by atoms with van der Waals surface area (Å²) in [7, 11) is -0.892. The van der Waals surface area contributed by atoms with E-state index in [1.165, 1.54) is 45.7 Å². The van der Waals surface area contributed by atoms with Crippen LogP contribution >= 0.6 is 15.8 Å². The predicted molar refractivity (Wildman–Crippen MR) is 235 cm³/mol. The van der Waals surface area contributed by atoms with E-state index in [1.807, 2.05) is 13.8 Å². The van der Waals surface area contributed by atoms with Gasteiger partial charge in [-0.1, -0.05) is 182 Å². The van der Waals surface area contributed by atoms with Crippen molar-refractivity contribution in [3.05, 3.63) is 206 Å². The molecule has 0 spiro atoms. The zero-order valence-electron chi connectivity index (χ0n) is 32.0. The zero-order chi connectivity index (χ0) is 38.4. The number of carbonyl (C=O) groups excluding carboxylic acids is 2. The van der Waals surface area contributed by atoms with E-state index in [0.717, 1.165) is 11.4 Å². The smallest absolute Gasteiger partial charge is 0.154 e. The van der Waals surface area contributed by atoms with Crippen LogP contribution in [0.3, 0.4) is 0 Å². The molecule has 0 atom stereocenters. The van der Waals surface area contributed by atoms with E-state index in [4.69, 9.17) is 0 Å². The molecule has 4 nitrogen and oxygen atoms in total. The molecule has 6 aromatic rings. The molecule has 0 aliphatic carbocycles. The van der Waals surface area contributed by atoms with Gasteiger partial charge in [0.1, 0.15) is 0 Å². The fraction of sp³-hybridized carbons (Fsp3) is 0.125. The number of allylic oxidation sites excluding steroid dienone is 4. The van der Waals surface area contributed by atoms with Gasteiger partial charge in [-0.05, 0) is 87.5 Å². The molecule has 6 rings (SSSR count). The molecule has 6 aromatic carbocycles. The Labute approximate surface area is 343 Å². The molecule has 0 bridgehead atoms. The quantitative estimate of drug-likeness (QED) is 0.0535. The van der Waals surface area contributed by atoms with Crippen LogP contribution in [0.15, 0.2) is 206 Å². The number of ketones is 2. The molecule has 55 heavy (non-hydrogen) atoms. The van der Waals surface area contributed by atoms with Crippen LogP contribution in [0, 0.1) is 0 Å². The van der Waals surface area contributed by atoms with Gasteiger partial charge in [-0.25, -0.2) is 0 Å². The van der Waals surface area contributed by atoms with Crippen LogP contribution in [0.2, 0.25) is 0 Å². The molecule has 0 fully saturated rings. The normalized spacial score (nSPS) is 10.9. The molecular weight excluding hydrogens is 800 g/mol. The van der Waals surface area contributed by atoms with Crippen molar-refractivity contribution < 1.29 is 29.1 Å². The van der Waals surface area contributed by atoms with Crippen molar-refractivity contribution in [2.24, 2.45) is 0 Å². The minimum absolute atomic E-state index is 0. The third-order valence-electron chi connectivity index (χ3n) is 7.86. The van der Waals surface area contributed by atoms with Gasteiger partial charge in [0.05, 0.1) is 0 Å². The maximum absolute atomic E-state index is 10.7. The van der Waals surface area contributed by atoms with Gasteiger partial charge in [0.25, 0.3) is 0 Å². The van der Waals surface area contributed by atoms with Crippen molar-refractivity contribution in [1.29, 1.82) is 0 Å². The predicted octanol–water partition coefficient (Wildman–Crippen LogP) is 8.04. The summed E-state index contributed by atoms with van der Waals surface area (Å²) in [5.74, 6) is 0.0660. The molecule has 0 heterocycles. The molecule has 0 amide bonds. The summed E-state index contributed by atoms with van der Waals surface area (Å²) in [6, 6.07) is 64.7. The van der Waals surface area contributed by atoms with Crippen molar-refractivity contribution in [3.8, 4) is 0 Å². The van der Waals surface area contributed by atoms with E-state index < -0.39 is 15.8 Å². The van der Waals surface area contributed by atoms with Crippen molar-refractivity contribution in [2.45, 2.75) is 27.7 Å². The summed E-state index contributed by atoms with van der Waals surface area (Å²) in [5, 5.41) is 14.6. The largest absolute Gasteiger partial charge is 0.387 e. The molecule has 0 saturated carbocycles. The number of hydrogen-bond acceptors (Lipinski definition) is 4. The molecule has 0 saturated heterocycles. The molecule has 7 heteroatoms. The molecule has 0 radical (unpaired) electrons. The third-order valence-corrected chi connectivity index (χ3v) is 12.7. The minimum atomic E-state index is -0.446. The van der Waals surface area contributed by atoms with Crippen molar-refractivity contribution in [3.63, 3.8) is 0 Å². The Hall–Kier alpha value is -4.78. The molecule has 0 unspecified atom stereocenters. The van der Waals surface area contributed by atoms with E-state index in [9.17, 15) is 9.59 Å². The average molecular weight is 850 g/mol. The molecular formula is C48H50N2O2P2Ru. The molecule has 0 aliphatic rings. The molecule has 282 valence electrons. The van der Waals surface area contributed by atoms with Gasteiger partial charge >= 0.3 is 0 Å². The number of rotatable bonds is 13. The summed E-state index contributed by atoms with van der Waals surface area (Å²) in [4.78, 5) is 21.5. The second kappa shape index (κ2) is 25.3. The third kappa shape index (κ3) is 16.2. The van der Waals surface area contributed by atoms with Crippen LogP contribution in [-0.4, -0.2) is 24.7 Å². The monoisotopic (exact) mass is 850 g/mol. The van der Waals surface area contributed by atoms with E-state index in [0.29, 0.717) is 13.1 Å². The summed E-state index contributed by atoms with van der Waals surface area (Å²) < 4.78 is 0. The minimum Gasteiger partial charge on any atom is -0.387 e. The van der Waals surface area contributed by atoms with E-state index in [1.54, 1.807) is 12.2 Å². The van der Waals surface area contributed by atoms with Crippen LogP contribution in [-0.2, 0) is 29.1 Å². The van der Waals surface area contributed by atoms with Crippen LogP contribution in [0.5, 0.6) is 0 Å². The van der Waals surface area contributed by atoms with Crippen molar-refractivity contribution >= 4 is 59.2 Å². The first-order valence-electron chi connectivity index (χ1n) is 18.1. The topological polar surface area (TPSA) is 58.2 Å². The Morgan fingerprint density at radius 2 is 0.564 bits per heavy atom. The van der Waals surface area contributed by atoms with Crippen LogP contribution in [0.1, 0.15) is 27.7 Å². The average Bonchev–Trinajstić information content (AvgIpc) is 3.19. The molecule has 2 N–H and O–H groups in total. The summed E-state index contributed by atoms with van der Waals surface area (Å²) in [5.41, 5.74) is 1.70. The van der Waals surface area contributed by atoms with Gasteiger partial charge in [0.2, 0.25) is 0 Å². The van der Waals surface area contributed by atoms with Gasteiger partial charge in [-0.15, -0.1) is 0 Å². The Morgan fingerprint density at radius 1 is 0.382 bits per heavy atom. The Bertz CT molecular complexity index is 1690. The number of benzene rings is 6. The fourth-order valence-electron chi connectivity index (χ4n) is 5.59. The number of nitrogens with one attached hydrogen (secondary N) is 2. The van der Waals surface area contributed by atoms with E-state index >= 15 is 0 Å². The van der Waals surface area contributed by atoms with E-state index in [2.05, 4.69) is 193 Å². The number of carbonyl (C=O) groups is 2. The second-order valence-electron chi connectivity index (χ2n) is 12.4. The standard InChI is InChI=1S/2C18H15P.C12H20N2O2.Ru/c2*1-4-10-16(11-5-1)19(17-12-6-2-7-13-17)18-14-8-3-9-15-18;1-9(7-11(3)15)13-5-6-14-10(2)8-12(4)16;/h2*1-15H;7-8,13-14H,5-6H2,1-4H3;/b;;9-7-,10-8-;. The number of hydrogen-bond donors (Lipinski definition) is 2. The van der Waals surface area contributed by atoms with Crippen LogP contribution in [0.25, 0.3) is 0 Å². The summed E-state index contributed by atoms with van der Waals surface area (Å²) in [6.45, 7) is 8.14.